The minimum atomic E-state index is -0.786. The highest BCUT2D eigenvalue weighted by molar-refractivity contribution is 5.71. The lowest BCUT2D eigenvalue weighted by Gasteiger charge is -2.18. The van der Waals surface area contributed by atoms with Crippen LogP contribution in [0.1, 0.15) is 335 Å². The lowest BCUT2D eigenvalue weighted by Crippen LogP contribution is -2.30. The molecule has 1 atom stereocenters. The highest BCUT2D eigenvalue weighted by Crippen LogP contribution is 2.17. The maximum absolute atomic E-state index is 12.9. The Morgan fingerprint density at radius 1 is 0.269 bits per heavy atom. The molecule has 0 aromatic heterocycles. The Morgan fingerprint density at radius 2 is 0.500 bits per heavy atom. The number of carbonyl (C=O) groups is 3. The van der Waals surface area contributed by atoms with Crippen molar-refractivity contribution in [2.24, 2.45) is 0 Å². The number of ether oxygens (including phenoxy) is 3. The van der Waals surface area contributed by atoms with Crippen LogP contribution >= 0.6 is 0 Å². The second-order valence-electron chi connectivity index (χ2n) is 22.3. The number of unbranched alkanes of at least 4 members (excludes halogenated alkanes) is 36. The van der Waals surface area contributed by atoms with Crippen LogP contribution in [0.2, 0.25) is 0 Å². The van der Waals surface area contributed by atoms with Gasteiger partial charge >= 0.3 is 17.9 Å². The third-order valence-corrected chi connectivity index (χ3v) is 14.6. The monoisotopic (exact) mass is 1090 g/mol. The van der Waals surface area contributed by atoms with E-state index in [2.05, 4.69) is 106 Å². The summed E-state index contributed by atoms with van der Waals surface area (Å²) < 4.78 is 16.9. The third-order valence-electron chi connectivity index (χ3n) is 14.6. The zero-order valence-electron chi connectivity index (χ0n) is 51.7. The largest absolute Gasteiger partial charge is 0.462 e. The van der Waals surface area contributed by atoms with Gasteiger partial charge in [-0.2, -0.15) is 0 Å². The Hall–Kier alpha value is -3.41. The number of carbonyl (C=O) groups excluding carboxylic acids is 3. The summed E-state index contributed by atoms with van der Waals surface area (Å²) in [5.41, 5.74) is 0. The van der Waals surface area contributed by atoms with Gasteiger partial charge in [0.05, 0.1) is 0 Å². The van der Waals surface area contributed by atoms with Crippen LogP contribution in [0.25, 0.3) is 0 Å². The molecule has 0 rings (SSSR count). The van der Waals surface area contributed by atoms with Crippen LogP contribution in [0, 0.1) is 0 Å². The maximum atomic E-state index is 12.9. The summed E-state index contributed by atoms with van der Waals surface area (Å²) in [7, 11) is 0. The van der Waals surface area contributed by atoms with E-state index in [-0.39, 0.29) is 31.1 Å². The molecule has 450 valence electrons. The van der Waals surface area contributed by atoms with Crippen molar-refractivity contribution in [3.05, 3.63) is 85.1 Å². The van der Waals surface area contributed by atoms with Crippen molar-refractivity contribution in [3.63, 3.8) is 0 Å². The standard InChI is InChI=1S/C72H126O6/c1-4-7-10-13-16-19-22-25-27-29-30-31-32-33-34-35-36-37-38-39-40-41-42-43-45-47-50-53-56-59-62-65-71(74)77-68-69(67-76-70(73)64-61-58-55-52-49-46-24-21-18-15-12-9-6-3)78-72(75)66-63-60-57-54-51-48-44-28-26-23-20-17-14-11-8-5-2/h7,10,16,19-21,23-25,27-28,30-31,44,69H,4-6,8-9,11-15,17-18,22,26,29,32-43,45-68H2,1-3H3/b10-7-,19-16-,23-20-,24-21-,27-25-,31-30-,44-28-. The van der Waals surface area contributed by atoms with Gasteiger partial charge < -0.3 is 14.2 Å². The number of esters is 3. The second-order valence-corrected chi connectivity index (χ2v) is 22.3. The van der Waals surface area contributed by atoms with Gasteiger partial charge in [0.25, 0.3) is 0 Å². The molecule has 0 heterocycles. The quantitative estimate of drug-likeness (QED) is 0.0261. The van der Waals surface area contributed by atoms with Crippen LogP contribution < -0.4 is 0 Å². The topological polar surface area (TPSA) is 78.9 Å². The molecule has 0 aliphatic heterocycles. The zero-order chi connectivity index (χ0) is 56.4. The predicted molar refractivity (Wildman–Crippen MR) is 339 cm³/mol. The van der Waals surface area contributed by atoms with Crippen LogP contribution in [0.5, 0.6) is 0 Å². The second kappa shape index (κ2) is 66.1. The van der Waals surface area contributed by atoms with Crippen LogP contribution in [0.15, 0.2) is 85.1 Å². The van der Waals surface area contributed by atoms with Crippen molar-refractivity contribution in [2.45, 2.75) is 341 Å². The SMILES string of the molecule is CC/C=C\C/C=C\C/C=C\C/C=C\CCCCCCCCCCCCCCCCCCCCC(=O)OCC(COC(=O)CCCCCCC/C=C\CCCCCC)OC(=O)CCCCCCC/C=C\C/C=C\CCCCCC. The first-order chi connectivity index (χ1) is 38.5. The number of allylic oxidation sites excluding steroid dienone is 14. The Bertz CT molecular complexity index is 1480. The van der Waals surface area contributed by atoms with E-state index in [1.54, 1.807) is 0 Å². The molecule has 0 aliphatic rings. The fourth-order valence-electron chi connectivity index (χ4n) is 9.58. The van der Waals surface area contributed by atoms with Crippen molar-refractivity contribution in [1.82, 2.24) is 0 Å². The summed E-state index contributed by atoms with van der Waals surface area (Å²) >= 11 is 0. The molecule has 0 aliphatic carbocycles. The fraction of sp³-hybridized carbons (Fsp3) is 0.764. The molecule has 0 bridgehead atoms. The summed E-state index contributed by atoms with van der Waals surface area (Å²) in [6.07, 6.45) is 87.5. The first-order valence-electron chi connectivity index (χ1n) is 33.6. The van der Waals surface area contributed by atoms with Crippen molar-refractivity contribution in [2.75, 3.05) is 13.2 Å². The molecule has 6 nitrogen and oxygen atoms in total. The lowest BCUT2D eigenvalue weighted by atomic mass is 10.0. The first-order valence-corrected chi connectivity index (χ1v) is 33.6. The van der Waals surface area contributed by atoms with Crippen LogP contribution in [0.4, 0.5) is 0 Å². The van der Waals surface area contributed by atoms with Crippen molar-refractivity contribution >= 4 is 17.9 Å². The molecule has 0 saturated heterocycles. The van der Waals surface area contributed by atoms with E-state index in [9.17, 15) is 14.4 Å². The van der Waals surface area contributed by atoms with Gasteiger partial charge in [0, 0.05) is 19.3 Å². The molecular weight excluding hydrogens is 961 g/mol. The molecule has 0 radical (unpaired) electrons. The molecule has 0 aromatic rings. The summed E-state index contributed by atoms with van der Waals surface area (Å²) in [6, 6.07) is 0. The van der Waals surface area contributed by atoms with Gasteiger partial charge in [-0.3, -0.25) is 14.4 Å². The lowest BCUT2D eigenvalue weighted by molar-refractivity contribution is -0.167. The zero-order valence-corrected chi connectivity index (χ0v) is 51.7. The number of hydrogen-bond acceptors (Lipinski definition) is 6. The van der Waals surface area contributed by atoms with E-state index < -0.39 is 6.10 Å². The van der Waals surface area contributed by atoms with E-state index in [1.807, 2.05) is 0 Å². The third kappa shape index (κ3) is 63.4. The van der Waals surface area contributed by atoms with Crippen molar-refractivity contribution < 1.29 is 28.6 Å². The smallest absolute Gasteiger partial charge is 0.306 e. The minimum Gasteiger partial charge on any atom is -0.462 e. The molecule has 0 aromatic carbocycles. The summed E-state index contributed by atoms with van der Waals surface area (Å²) in [4.78, 5) is 38.3. The van der Waals surface area contributed by atoms with Gasteiger partial charge in [-0.25, -0.2) is 0 Å². The average Bonchev–Trinajstić information content (AvgIpc) is 3.44. The molecule has 0 N–H and O–H groups in total. The van der Waals surface area contributed by atoms with E-state index in [4.69, 9.17) is 14.2 Å². The molecule has 0 amide bonds. The highest BCUT2D eigenvalue weighted by atomic mass is 16.6. The fourth-order valence-corrected chi connectivity index (χ4v) is 9.58. The molecule has 0 spiro atoms. The summed E-state index contributed by atoms with van der Waals surface area (Å²) in [5.74, 6) is -0.889. The number of rotatable bonds is 61. The average molecular weight is 1090 g/mol. The highest BCUT2D eigenvalue weighted by Gasteiger charge is 2.19. The predicted octanol–water partition coefficient (Wildman–Crippen LogP) is 23.1. The van der Waals surface area contributed by atoms with Crippen LogP contribution in [-0.4, -0.2) is 37.2 Å². The van der Waals surface area contributed by atoms with Crippen LogP contribution in [-0.2, 0) is 28.6 Å². The summed E-state index contributed by atoms with van der Waals surface area (Å²) in [6.45, 7) is 6.51. The molecule has 6 heteroatoms. The van der Waals surface area contributed by atoms with Crippen molar-refractivity contribution in [1.29, 1.82) is 0 Å². The summed E-state index contributed by atoms with van der Waals surface area (Å²) in [5, 5.41) is 0. The first kappa shape index (κ1) is 74.6. The Balaban J connectivity index is 4.19. The van der Waals surface area contributed by atoms with Gasteiger partial charge in [-0.05, 0) is 116 Å². The van der Waals surface area contributed by atoms with Gasteiger partial charge in [0.1, 0.15) is 13.2 Å². The molecule has 78 heavy (non-hydrogen) atoms. The molecular formula is C72H126O6. The van der Waals surface area contributed by atoms with Gasteiger partial charge in [0.15, 0.2) is 6.10 Å². The van der Waals surface area contributed by atoms with Gasteiger partial charge in [0.2, 0.25) is 0 Å². The Labute approximate surface area is 484 Å². The van der Waals surface area contributed by atoms with Crippen LogP contribution in [0.3, 0.4) is 0 Å². The normalized spacial score (nSPS) is 12.6. The van der Waals surface area contributed by atoms with E-state index >= 15 is 0 Å². The maximum Gasteiger partial charge on any atom is 0.306 e. The van der Waals surface area contributed by atoms with Gasteiger partial charge in [-0.15, -0.1) is 0 Å². The Morgan fingerprint density at radius 3 is 0.795 bits per heavy atom. The molecule has 0 fully saturated rings. The van der Waals surface area contributed by atoms with E-state index in [0.29, 0.717) is 19.3 Å². The Kier molecular flexibility index (Phi) is 63.2. The van der Waals surface area contributed by atoms with Gasteiger partial charge in [-0.1, -0.05) is 286 Å². The minimum absolute atomic E-state index is 0.0814. The van der Waals surface area contributed by atoms with E-state index in [0.717, 1.165) is 116 Å². The molecule has 0 saturated carbocycles. The number of hydrogen-bond donors (Lipinski definition) is 0. The van der Waals surface area contributed by atoms with E-state index in [1.165, 1.54) is 180 Å². The van der Waals surface area contributed by atoms with Crippen molar-refractivity contribution in [3.8, 4) is 0 Å². The molecule has 1 unspecified atom stereocenters.